The first-order chi connectivity index (χ1) is 13.6. The Labute approximate surface area is 166 Å². The van der Waals surface area contributed by atoms with Crippen molar-refractivity contribution in [3.05, 3.63) is 59.3 Å². The van der Waals surface area contributed by atoms with Crippen LogP contribution in [0.4, 0.5) is 0 Å². The van der Waals surface area contributed by atoms with Crippen LogP contribution in [0.3, 0.4) is 0 Å². The first kappa shape index (κ1) is 16.3. The lowest BCUT2D eigenvalue weighted by Crippen LogP contribution is -2.40. The number of amides is 2. The third-order valence-electron chi connectivity index (χ3n) is 6.68. The van der Waals surface area contributed by atoms with Crippen molar-refractivity contribution in [2.75, 3.05) is 0 Å². The maximum absolute atomic E-state index is 12.9. The van der Waals surface area contributed by atoms with Crippen LogP contribution in [0.15, 0.2) is 58.1 Å². The number of nitrogens with zero attached hydrogens (tertiary/aromatic N) is 2. The summed E-state index contributed by atoms with van der Waals surface area (Å²) in [5.41, 5.74) is 0.855. The van der Waals surface area contributed by atoms with Gasteiger partial charge in [0.05, 0.1) is 18.1 Å². The van der Waals surface area contributed by atoms with Crippen molar-refractivity contribution in [3.63, 3.8) is 0 Å². The Morgan fingerprint density at radius 3 is 2.43 bits per heavy atom. The molecule has 1 aromatic carbocycles. The molecule has 1 saturated heterocycles. The summed E-state index contributed by atoms with van der Waals surface area (Å²) in [6.07, 6.45) is 6.90. The number of hydrogen-bond acceptors (Lipinski definition) is 4. The van der Waals surface area contributed by atoms with Gasteiger partial charge in [-0.2, -0.15) is 10.1 Å². The Morgan fingerprint density at radius 2 is 1.75 bits per heavy atom. The van der Waals surface area contributed by atoms with Crippen LogP contribution in [0.25, 0.3) is 11.3 Å². The molecule has 7 rings (SSSR count). The number of hydrazone groups is 1. The van der Waals surface area contributed by atoms with Gasteiger partial charge in [-0.3, -0.25) is 9.59 Å². The highest BCUT2D eigenvalue weighted by atomic mass is 35.5. The van der Waals surface area contributed by atoms with Crippen molar-refractivity contribution in [1.82, 2.24) is 5.01 Å². The summed E-state index contributed by atoms with van der Waals surface area (Å²) in [7, 11) is 0. The molecule has 0 radical (unpaired) electrons. The van der Waals surface area contributed by atoms with Crippen molar-refractivity contribution in [3.8, 4) is 11.3 Å². The van der Waals surface area contributed by atoms with Gasteiger partial charge in [0, 0.05) is 10.6 Å². The van der Waals surface area contributed by atoms with E-state index in [-0.39, 0.29) is 35.5 Å². The quantitative estimate of drug-likeness (QED) is 0.451. The third-order valence-corrected chi connectivity index (χ3v) is 6.91. The maximum Gasteiger partial charge on any atom is 0.254 e. The maximum atomic E-state index is 12.9. The molecule has 0 unspecified atom stereocenters. The summed E-state index contributed by atoms with van der Waals surface area (Å²) < 4.78 is 5.78. The Hall–Kier alpha value is -2.66. The van der Waals surface area contributed by atoms with E-state index < -0.39 is 0 Å². The number of furan rings is 1. The number of benzene rings is 1. The zero-order chi connectivity index (χ0) is 19.0. The van der Waals surface area contributed by atoms with Crippen LogP contribution in [0, 0.1) is 35.5 Å². The van der Waals surface area contributed by atoms with Crippen molar-refractivity contribution in [2.24, 2.45) is 40.6 Å². The summed E-state index contributed by atoms with van der Waals surface area (Å²) in [6.45, 7) is 0. The second-order valence-electron chi connectivity index (χ2n) is 8.10. The smallest absolute Gasteiger partial charge is 0.254 e. The second-order valence-corrected chi connectivity index (χ2v) is 8.54. The molecule has 4 aliphatic carbocycles. The topological polar surface area (TPSA) is 62.9 Å². The van der Waals surface area contributed by atoms with Crippen molar-refractivity contribution < 1.29 is 14.0 Å². The van der Waals surface area contributed by atoms with Crippen LogP contribution in [-0.4, -0.2) is 23.0 Å². The predicted octanol–water partition coefficient (Wildman–Crippen LogP) is 3.99. The Kier molecular flexibility index (Phi) is 3.30. The zero-order valence-corrected chi connectivity index (χ0v) is 15.6. The molecule has 28 heavy (non-hydrogen) atoms. The van der Waals surface area contributed by atoms with Crippen LogP contribution < -0.4 is 0 Å². The molecule has 6 heteroatoms. The van der Waals surface area contributed by atoms with E-state index in [0.717, 1.165) is 17.0 Å². The number of halogens is 1. The lowest BCUT2D eigenvalue weighted by atomic mass is 9.63. The number of rotatable bonds is 3. The molecule has 1 aliphatic heterocycles. The van der Waals surface area contributed by atoms with E-state index in [0.29, 0.717) is 28.4 Å². The lowest BCUT2D eigenvalue weighted by molar-refractivity contribution is -0.140. The van der Waals surface area contributed by atoms with Crippen LogP contribution in [0.2, 0.25) is 5.02 Å². The first-order valence-corrected chi connectivity index (χ1v) is 9.95. The predicted molar refractivity (Wildman–Crippen MR) is 103 cm³/mol. The Morgan fingerprint density at radius 1 is 1.04 bits per heavy atom. The summed E-state index contributed by atoms with van der Waals surface area (Å²) >= 11 is 6.03. The Bertz CT molecular complexity index is 1040. The van der Waals surface area contributed by atoms with E-state index in [9.17, 15) is 9.59 Å². The van der Waals surface area contributed by atoms with E-state index in [1.807, 2.05) is 24.3 Å². The largest absolute Gasteiger partial charge is 0.455 e. The molecule has 5 nitrogen and oxygen atoms in total. The molecule has 0 spiro atoms. The first-order valence-electron chi connectivity index (χ1n) is 9.58. The fourth-order valence-corrected chi connectivity index (χ4v) is 5.58. The molecule has 1 aromatic heterocycles. The number of carbonyl (C=O) groups is 2. The van der Waals surface area contributed by atoms with Crippen molar-refractivity contribution in [1.29, 1.82) is 0 Å². The number of hydrogen-bond donors (Lipinski definition) is 0. The molecular formula is C22H17ClN2O3. The number of allylic oxidation sites excluding steroid dienone is 2. The van der Waals surface area contributed by atoms with Gasteiger partial charge in [0.1, 0.15) is 11.5 Å². The van der Waals surface area contributed by atoms with Gasteiger partial charge in [-0.1, -0.05) is 35.9 Å². The van der Waals surface area contributed by atoms with Crippen LogP contribution in [0.1, 0.15) is 12.2 Å². The highest BCUT2D eigenvalue weighted by molar-refractivity contribution is 6.30. The summed E-state index contributed by atoms with van der Waals surface area (Å²) in [5.74, 6) is 1.90. The van der Waals surface area contributed by atoms with Crippen molar-refractivity contribution >= 4 is 29.6 Å². The van der Waals surface area contributed by atoms with Gasteiger partial charge in [-0.15, -0.1) is 0 Å². The van der Waals surface area contributed by atoms with Gasteiger partial charge in [0.25, 0.3) is 11.8 Å². The van der Waals surface area contributed by atoms with Crippen LogP contribution >= 0.6 is 11.6 Å². The van der Waals surface area contributed by atoms with E-state index in [1.165, 1.54) is 6.21 Å². The summed E-state index contributed by atoms with van der Waals surface area (Å²) in [6, 6.07) is 10.9. The van der Waals surface area contributed by atoms with Crippen LogP contribution in [0.5, 0.6) is 0 Å². The van der Waals surface area contributed by atoms with Crippen molar-refractivity contribution in [2.45, 2.75) is 6.42 Å². The fourth-order valence-electron chi connectivity index (χ4n) is 5.39. The average molecular weight is 393 g/mol. The summed E-state index contributed by atoms with van der Waals surface area (Å²) in [4.78, 5) is 25.8. The van der Waals surface area contributed by atoms with E-state index >= 15 is 0 Å². The molecule has 2 heterocycles. The van der Waals surface area contributed by atoms with E-state index in [4.69, 9.17) is 16.0 Å². The van der Waals surface area contributed by atoms with Gasteiger partial charge in [-0.25, -0.2) is 0 Å². The van der Waals surface area contributed by atoms with E-state index in [1.54, 1.807) is 12.1 Å². The van der Waals surface area contributed by atoms with Crippen LogP contribution in [-0.2, 0) is 9.59 Å². The molecule has 2 saturated carbocycles. The van der Waals surface area contributed by atoms with Gasteiger partial charge in [-0.05, 0) is 54.4 Å². The molecule has 6 atom stereocenters. The SMILES string of the molecule is O=C1[C@@H]2[C@H]3C=C[C@@H]([C@@H]4C[C@H]34)[C@@H]2C(=O)N1N=Cc1ccc(-c2cccc(Cl)c2)o1. The van der Waals surface area contributed by atoms with E-state index in [2.05, 4.69) is 17.3 Å². The normalized spacial score (nSPS) is 35.0. The van der Waals surface area contributed by atoms with Gasteiger partial charge in [0.15, 0.2) is 0 Å². The number of imide groups is 1. The van der Waals surface area contributed by atoms with Gasteiger partial charge in [0.2, 0.25) is 0 Å². The lowest BCUT2D eigenvalue weighted by Gasteiger charge is -2.37. The molecular weight excluding hydrogens is 376 g/mol. The third kappa shape index (κ3) is 2.23. The zero-order valence-electron chi connectivity index (χ0n) is 14.9. The molecule has 2 aromatic rings. The second kappa shape index (κ2) is 5.67. The highest BCUT2D eigenvalue weighted by Gasteiger charge is 2.67. The Balaban J connectivity index is 1.25. The molecule has 3 fully saturated rings. The standard InChI is InChI=1S/C22H17ClN2O3/c23-12-3-1-2-11(8-12)18-7-4-13(28-18)10-24-25-21(26)19-14-5-6-15(17-9-16(14)17)20(19)22(25)27/h1-8,10,14-17,19-20H,9H2/t14-,15-,16-,17+,19-,20+/m0/s1. The van der Waals surface area contributed by atoms with Gasteiger partial charge >= 0.3 is 0 Å². The fraction of sp³-hybridized carbons (Fsp3) is 0.318. The molecule has 0 N–H and O–H groups in total. The minimum absolute atomic E-state index is 0.169. The molecule has 5 aliphatic rings. The monoisotopic (exact) mass is 392 g/mol. The minimum atomic E-state index is -0.234. The number of carbonyl (C=O) groups excluding carboxylic acids is 2. The molecule has 140 valence electrons. The molecule has 2 amide bonds. The summed E-state index contributed by atoms with van der Waals surface area (Å²) in [5, 5.41) is 5.89. The average Bonchev–Trinajstić information content (AvgIpc) is 3.33. The van der Waals surface area contributed by atoms with Gasteiger partial charge < -0.3 is 4.42 Å². The molecule has 2 bridgehead atoms. The minimum Gasteiger partial charge on any atom is -0.455 e. The highest BCUT2D eigenvalue weighted by Crippen LogP contribution is 2.65.